The first-order valence-corrected chi connectivity index (χ1v) is 5.93. The van der Waals surface area contributed by atoms with Crippen LogP contribution in [0.4, 0.5) is 0 Å². The molecule has 0 saturated carbocycles. The van der Waals surface area contributed by atoms with Crippen LogP contribution in [-0.4, -0.2) is 4.57 Å². The molecule has 0 aliphatic heterocycles. The molecule has 0 radical (unpaired) electrons. The van der Waals surface area contributed by atoms with Gasteiger partial charge in [0.25, 0.3) is 0 Å². The summed E-state index contributed by atoms with van der Waals surface area (Å²) in [6.07, 6.45) is 0. The van der Waals surface area contributed by atoms with E-state index in [2.05, 4.69) is 35.8 Å². The zero-order chi connectivity index (χ0) is 16.5. The Bertz CT molecular complexity index is 545. The first kappa shape index (κ1) is 21.2. The van der Waals surface area contributed by atoms with Crippen molar-refractivity contribution in [3.63, 3.8) is 0 Å². The molecule has 0 N–H and O–H groups in total. The summed E-state index contributed by atoms with van der Waals surface area (Å²) in [5.41, 5.74) is 1.06. The van der Waals surface area contributed by atoms with E-state index in [0.717, 1.165) is 15.9 Å². The molecule has 0 bridgehead atoms. The summed E-state index contributed by atoms with van der Waals surface area (Å²) < 4.78 is 29.0. The summed E-state index contributed by atoms with van der Waals surface area (Å²) in [4.78, 5) is 0. The van der Waals surface area contributed by atoms with E-state index in [1.807, 2.05) is 60.7 Å². The Morgan fingerprint density at radius 1 is 0.714 bits per heavy atom. The molecule has 5 heteroatoms. The zero-order valence-corrected chi connectivity index (χ0v) is 12.1. The fraction of sp³-hybridized carbons (Fsp3) is 0. The van der Waals surface area contributed by atoms with Gasteiger partial charge in [-0.05, 0) is 0 Å². The molecule has 21 heavy (non-hydrogen) atoms. The Morgan fingerprint density at radius 2 is 1.10 bits per heavy atom. The van der Waals surface area contributed by atoms with Crippen LogP contribution in [-0.2, 0) is 29.8 Å². The molecule has 0 aliphatic carbocycles. The molecule has 0 fully saturated rings. The molecule has 0 atom stereocenters. The van der Waals surface area contributed by atoms with Crippen LogP contribution in [0.15, 0.2) is 60.7 Å². The standard InChI is InChI=1S/C13H10O.3CO.Cr/c1-3-7-12(8-4-1)11-14-13-9-5-2-6-10-13;3*1-2;/h1-10H;;;;. The first-order chi connectivity index (χ1) is 10.4. The van der Waals surface area contributed by atoms with Gasteiger partial charge in [0.15, 0.2) is 0 Å². The minimum atomic E-state index is 0.793. The third kappa shape index (κ3) is 9.40. The van der Waals surface area contributed by atoms with Crippen molar-refractivity contribution >= 4 is 4.57 Å². The molecule has 0 aliphatic rings. The van der Waals surface area contributed by atoms with Gasteiger partial charge in [0.1, 0.15) is 0 Å². The van der Waals surface area contributed by atoms with Crippen molar-refractivity contribution in [1.82, 2.24) is 0 Å². The third-order valence-corrected chi connectivity index (χ3v) is 2.46. The van der Waals surface area contributed by atoms with Crippen LogP contribution in [0.5, 0.6) is 5.75 Å². The monoisotopic (exact) mass is 318 g/mol. The Balaban J connectivity index is 0. The van der Waals surface area contributed by atoms with Crippen LogP contribution in [0.2, 0.25) is 0 Å². The van der Waals surface area contributed by atoms with E-state index in [1.165, 1.54) is 0 Å². The molecule has 0 heterocycles. The van der Waals surface area contributed by atoms with Crippen LogP contribution in [0, 0.1) is 20.0 Å². The van der Waals surface area contributed by atoms with Gasteiger partial charge in [0.2, 0.25) is 0 Å². The van der Waals surface area contributed by atoms with Gasteiger partial charge in [-0.15, -0.1) is 0 Å². The zero-order valence-electron chi connectivity index (χ0n) is 10.8. The van der Waals surface area contributed by atoms with Crippen LogP contribution >= 0.6 is 0 Å². The van der Waals surface area contributed by atoms with Gasteiger partial charge in [-0.2, -0.15) is 0 Å². The first-order valence-electron chi connectivity index (χ1n) is 5.30. The molecule has 0 spiro atoms. The normalized spacial score (nSPS) is 7.14. The number of hydrogen-bond acceptors (Lipinski definition) is 1. The fourth-order valence-electron chi connectivity index (χ4n) is 1.23. The second-order valence-electron chi connectivity index (χ2n) is 3.07. The Kier molecular flexibility index (Phi) is 16.0. The second kappa shape index (κ2) is 15.9. The van der Waals surface area contributed by atoms with Crippen LogP contribution < -0.4 is 4.74 Å². The van der Waals surface area contributed by atoms with Gasteiger partial charge in [0, 0.05) is 0 Å². The number of rotatable bonds is 3. The molecule has 0 unspecified atom stereocenters. The van der Waals surface area contributed by atoms with E-state index >= 15 is 0 Å². The molecule has 2 rings (SSSR count). The average Bonchev–Trinajstić information content (AvgIpc) is 2.62. The van der Waals surface area contributed by atoms with Gasteiger partial charge in [0.05, 0.1) is 0 Å². The summed E-state index contributed by atoms with van der Waals surface area (Å²) in [5.74, 6) is 0.843. The molecule has 0 aromatic heterocycles. The van der Waals surface area contributed by atoms with E-state index < -0.39 is 0 Å². The SMILES string of the molecule is [C-]#[O+].[C-]#[O+].[C-]#[O+].[Cr]=[C](Oc1ccccc1)c1ccccc1. The third-order valence-electron chi connectivity index (χ3n) is 1.96. The number of benzene rings is 2. The van der Waals surface area contributed by atoms with Crippen LogP contribution in [0.3, 0.4) is 0 Å². The summed E-state index contributed by atoms with van der Waals surface area (Å²) in [6, 6.07) is 19.7. The summed E-state index contributed by atoms with van der Waals surface area (Å²) in [6.45, 7) is 13.5. The van der Waals surface area contributed by atoms with Crippen molar-refractivity contribution in [3.8, 4) is 5.75 Å². The van der Waals surface area contributed by atoms with Gasteiger partial charge in [-0.25, -0.2) is 0 Å². The average molecular weight is 318 g/mol. The van der Waals surface area contributed by atoms with Crippen molar-refractivity contribution in [2.75, 3.05) is 0 Å². The van der Waals surface area contributed by atoms with Crippen molar-refractivity contribution in [2.45, 2.75) is 0 Å². The molecule has 4 nitrogen and oxygen atoms in total. The molecule has 2 aromatic carbocycles. The molecule has 104 valence electrons. The fourth-order valence-corrected chi connectivity index (χ4v) is 1.59. The van der Waals surface area contributed by atoms with Crippen molar-refractivity contribution in [3.05, 3.63) is 86.2 Å². The maximum atomic E-state index is 7.50. The van der Waals surface area contributed by atoms with Gasteiger partial charge >= 0.3 is 131 Å². The van der Waals surface area contributed by atoms with E-state index in [4.69, 9.17) is 18.7 Å². The van der Waals surface area contributed by atoms with E-state index in [0.29, 0.717) is 0 Å². The quantitative estimate of drug-likeness (QED) is 0.633. The van der Waals surface area contributed by atoms with Crippen LogP contribution in [0.25, 0.3) is 0 Å². The summed E-state index contributed by atoms with van der Waals surface area (Å²) in [5, 5.41) is 0. The summed E-state index contributed by atoms with van der Waals surface area (Å²) >= 11 is 2.94. The number of ether oxygens (including phenoxy) is 1. The van der Waals surface area contributed by atoms with Crippen molar-refractivity contribution in [2.24, 2.45) is 0 Å². The second-order valence-corrected chi connectivity index (χ2v) is 3.65. The Hall–Kier alpha value is -2.14. The predicted molar refractivity (Wildman–Crippen MR) is 69.4 cm³/mol. The molecule has 2 aromatic rings. The Morgan fingerprint density at radius 3 is 1.52 bits per heavy atom. The molecule has 0 amide bonds. The van der Waals surface area contributed by atoms with E-state index in [9.17, 15) is 0 Å². The summed E-state index contributed by atoms with van der Waals surface area (Å²) in [7, 11) is 0. The predicted octanol–water partition coefficient (Wildman–Crippen LogP) is 2.68. The van der Waals surface area contributed by atoms with Gasteiger partial charge in [-0.3, -0.25) is 0 Å². The number of hydrogen-bond donors (Lipinski definition) is 0. The topological polar surface area (TPSA) is 68.9 Å². The van der Waals surface area contributed by atoms with Gasteiger partial charge in [-0.1, -0.05) is 0 Å². The molecular formula is C16H10CrO4. The minimum absolute atomic E-state index is 0.793. The molecule has 0 saturated heterocycles. The Labute approximate surface area is 131 Å². The van der Waals surface area contributed by atoms with Crippen molar-refractivity contribution < 1.29 is 34.5 Å². The van der Waals surface area contributed by atoms with Crippen LogP contribution in [0.1, 0.15) is 5.56 Å². The van der Waals surface area contributed by atoms with Crippen molar-refractivity contribution in [1.29, 1.82) is 0 Å². The van der Waals surface area contributed by atoms with E-state index in [1.54, 1.807) is 0 Å². The van der Waals surface area contributed by atoms with E-state index in [-0.39, 0.29) is 0 Å². The maximum absolute atomic E-state index is 7.50. The molecular weight excluding hydrogens is 308 g/mol. The van der Waals surface area contributed by atoms with Gasteiger partial charge < -0.3 is 0 Å². The number of para-hydroxylation sites is 1.